The lowest BCUT2D eigenvalue weighted by atomic mass is 9.79. The SMILES string of the molecule is CCCCc1ccc(C(=O)C(CC2=C(O)c3ccccc3C(=O)C2=O)C(=O)c2ccc(OCC(=O)CO)cc2)cc1. The predicted octanol–water partition coefficient (Wildman–Crippen LogP) is 4.78. The van der Waals surface area contributed by atoms with Gasteiger partial charge in [0.1, 0.15) is 24.7 Å². The number of aryl methyl sites for hydroxylation is 1. The third-order valence-corrected chi connectivity index (χ3v) is 7.01. The number of ketones is 5. The van der Waals surface area contributed by atoms with Gasteiger partial charge in [-0.25, -0.2) is 0 Å². The Morgan fingerprint density at radius 2 is 1.39 bits per heavy atom. The summed E-state index contributed by atoms with van der Waals surface area (Å²) in [5.74, 6) is -5.00. The molecule has 41 heavy (non-hydrogen) atoms. The molecule has 0 radical (unpaired) electrons. The van der Waals surface area contributed by atoms with E-state index in [1.54, 1.807) is 24.3 Å². The van der Waals surface area contributed by atoms with Crippen molar-refractivity contribution >= 4 is 34.7 Å². The van der Waals surface area contributed by atoms with E-state index in [-0.39, 0.29) is 40.2 Å². The molecule has 3 aromatic carbocycles. The number of ether oxygens (including phenoxy) is 1. The molecule has 0 saturated carbocycles. The number of Topliss-reactive ketones (excluding diaryl/α,β-unsaturated/α-hetero) is 5. The Balaban J connectivity index is 1.68. The number of benzene rings is 3. The molecule has 0 heterocycles. The monoisotopic (exact) mass is 554 g/mol. The van der Waals surface area contributed by atoms with E-state index in [2.05, 4.69) is 6.92 Å². The second-order valence-corrected chi connectivity index (χ2v) is 9.83. The van der Waals surface area contributed by atoms with Gasteiger partial charge < -0.3 is 14.9 Å². The zero-order valence-corrected chi connectivity index (χ0v) is 22.6. The van der Waals surface area contributed by atoms with E-state index in [1.807, 2.05) is 12.1 Å². The molecule has 210 valence electrons. The predicted molar refractivity (Wildman–Crippen MR) is 151 cm³/mol. The zero-order valence-electron chi connectivity index (χ0n) is 22.6. The molecular weight excluding hydrogens is 524 g/mol. The number of aliphatic hydroxyl groups excluding tert-OH is 2. The molecule has 0 fully saturated rings. The van der Waals surface area contributed by atoms with Crippen LogP contribution in [0.2, 0.25) is 0 Å². The van der Waals surface area contributed by atoms with Crippen molar-refractivity contribution in [3.05, 3.63) is 106 Å². The summed E-state index contributed by atoms with van der Waals surface area (Å²) in [5.41, 5.74) is 1.39. The topological polar surface area (TPSA) is 135 Å². The van der Waals surface area contributed by atoms with Crippen molar-refractivity contribution in [3.63, 3.8) is 0 Å². The molecule has 1 unspecified atom stereocenters. The quantitative estimate of drug-likeness (QED) is 0.175. The van der Waals surface area contributed by atoms with E-state index >= 15 is 0 Å². The lowest BCUT2D eigenvalue weighted by Gasteiger charge is -2.21. The smallest absolute Gasteiger partial charge is 0.234 e. The summed E-state index contributed by atoms with van der Waals surface area (Å²) in [6.45, 7) is 1.08. The van der Waals surface area contributed by atoms with Gasteiger partial charge in [0.2, 0.25) is 11.6 Å². The molecule has 8 heteroatoms. The fourth-order valence-corrected chi connectivity index (χ4v) is 4.66. The summed E-state index contributed by atoms with van der Waals surface area (Å²) in [5, 5.41) is 19.8. The second-order valence-electron chi connectivity index (χ2n) is 9.83. The maximum Gasteiger partial charge on any atom is 0.234 e. The van der Waals surface area contributed by atoms with Crippen LogP contribution in [0.15, 0.2) is 78.4 Å². The number of hydrogen-bond donors (Lipinski definition) is 2. The molecule has 3 aromatic rings. The third-order valence-electron chi connectivity index (χ3n) is 7.01. The number of hydrogen-bond acceptors (Lipinski definition) is 8. The first-order chi connectivity index (χ1) is 19.7. The molecule has 2 N–H and O–H groups in total. The summed E-state index contributed by atoms with van der Waals surface area (Å²) < 4.78 is 5.29. The zero-order chi connectivity index (χ0) is 29.5. The van der Waals surface area contributed by atoms with Crippen molar-refractivity contribution in [1.82, 2.24) is 0 Å². The summed E-state index contributed by atoms with van der Waals surface area (Å²) in [6.07, 6.45) is 2.40. The number of allylic oxidation sites excluding steroid dienone is 1. The Morgan fingerprint density at radius 1 is 0.805 bits per heavy atom. The van der Waals surface area contributed by atoms with Crippen LogP contribution in [0.1, 0.15) is 68.4 Å². The van der Waals surface area contributed by atoms with E-state index in [4.69, 9.17) is 9.84 Å². The average Bonchev–Trinajstić information content (AvgIpc) is 3.01. The molecule has 0 spiro atoms. The highest BCUT2D eigenvalue weighted by atomic mass is 16.5. The standard InChI is InChI=1S/C33H30O8/c1-2-3-6-20-9-11-21(12-10-20)29(36)27(30(37)22-13-15-24(16-14-22)41-19-23(35)18-34)17-28-31(38)25-7-4-5-8-26(25)32(39)33(28)40/h4-5,7-16,27,34,38H,2-3,6,17-19H2,1H3. The second kappa shape index (κ2) is 13.1. The van der Waals surface area contributed by atoms with Crippen LogP contribution in [0.5, 0.6) is 5.75 Å². The van der Waals surface area contributed by atoms with Gasteiger partial charge in [-0.15, -0.1) is 0 Å². The largest absolute Gasteiger partial charge is 0.507 e. The number of fused-ring (bicyclic) bond motifs is 1. The number of unbranched alkanes of at least 4 members (excludes halogenated alkanes) is 1. The van der Waals surface area contributed by atoms with Crippen molar-refractivity contribution in [2.75, 3.05) is 13.2 Å². The minimum Gasteiger partial charge on any atom is -0.507 e. The Morgan fingerprint density at radius 3 is 1.98 bits per heavy atom. The Bertz CT molecular complexity index is 1510. The minimum absolute atomic E-state index is 0.0610. The number of carbonyl (C=O) groups excluding carboxylic acids is 5. The van der Waals surface area contributed by atoms with Gasteiger partial charge in [-0.2, -0.15) is 0 Å². The van der Waals surface area contributed by atoms with Gasteiger partial charge in [0.15, 0.2) is 17.3 Å². The third kappa shape index (κ3) is 6.56. The highest BCUT2D eigenvalue weighted by molar-refractivity contribution is 6.52. The molecule has 0 bridgehead atoms. The van der Waals surface area contributed by atoms with Crippen LogP contribution in [-0.4, -0.2) is 52.3 Å². The fourth-order valence-electron chi connectivity index (χ4n) is 4.66. The summed E-state index contributed by atoms with van der Waals surface area (Å²) >= 11 is 0. The van der Waals surface area contributed by atoms with Gasteiger partial charge >= 0.3 is 0 Å². The van der Waals surface area contributed by atoms with Crippen molar-refractivity contribution in [2.24, 2.45) is 5.92 Å². The average molecular weight is 555 g/mol. The molecule has 0 aliphatic heterocycles. The van der Waals surface area contributed by atoms with Crippen molar-refractivity contribution in [1.29, 1.82) is 0 Å². The Kier molecular flexibility index (Phi) is 9.37. The van der Waals surface area contributed by atoms with Crippen LogP contribution < -0.4 is 4.74 Å². The first kappa shape index (κ1) is 29.3. The summed E-state index contributed by atoms with van der Waals surface area (Å²) in [4.78, 5) is 64.7. The lowest BCUT2D eigenvalue weighted by molar-refractivity contribution is -0.123. The van der Waals surface area contributed by atoms with Crippen molar-refractivity contribution in [3.8, 4) is 5.75 Å². The minimum atomic E-state index is -1.40. The van der Waals surface area contributed by atoms with E-state index < -0.39 is 53.6 Å². The molecule has 1 aliphatic carbocycles. The molecule has 4 rings (SSSR count). The maximum absolute atomic E-state index is 13.8. The van der Waals surface area contributed by atoms with Crippen LogP contribution in [0.4, 0.5) is 0 Å². The van der Waals surface area contributed by atoms with Gasteiger partial charge in [-0.1, -0.05) is 61.9 Å². The van der Waals surface area contributed by atoms with Crippen LogP contribution in [0, 0.1) is 5.92 Å². The normalized spacial score (nSPS) is 13.5. The Labute approximate surface area is 237 Å². The number of carbonyl (C=O) groups is 5. The lowest BCUT2D eigenvalue weighted by Crippen LogP contribution is -2.30. The fraction of sp³-hybridized carbons (Fsp3) is 0.242. The van der Waals surface area contributed by atoms with Gasteiger partial charge in [0.25, 0.3) is 0 Å². The van der Waals surface area contributed by atoms with E-state index in [0.29, 0.717) is 0 Å². The molecule has 0 aromatic heterocycles. The van der Waals surface area contributed by atoms with Crippen LogP contribution in [0.25, 0.3) is 5.76 Å². The number of rotatable bonds is 13. The Hall–Kier alpha value is -4.69. The number of aliphatic hydroxyl groups is 2. The van der Waals surface area contributed by atoms with Crippen molar-refractivity contribution in [2.45, 2.75) is 32.6 Å². The molecule has 0 saturated heterocycles. The molecule has 1 aliphatic rings. The van der Waals surface area contributed by atoms with Crippen LogP contribution in [0.3, 0.4) is 0 Å². The summed E-state index contributed by atoms with van der Waals surface area (Å²) in [7, 11) is 0. The molecule has 8 nitrogen and oxygen atoms in total. The summed E-state index contributed by atoms with van der Waals surface area (Å²) in [6, 6.07) is 18.8. The molecular formula is C33H30O8. The van der Waals surface area contributed by atoms with Gasteiger partial charge in [0.05, 0.1) is 5.92 Å². The first-order valence-corrected chi connectivity index (χ1v) is 13.4. The van der Waals surface area contributed by atoms with Crippen LogP contribution in [-0.2, 0) is 16.0 Å². The van der Waals surface area contributed by atoms with E-state index in [0.717, 1.165) is 24.8 Å². The van der Waals surface area contributed by atoms with Gasteiger partial charge in [-0.05, 0) is 49.1 Å². The van der Waals surface area contributed by atoms with Crippen molar-refractivity contribution < 1.29 is 38.9 Å². The van der Waals surface area contributed by atoms with Gasteiger partial charge in [0, 0.05) is 27.8 Å². The molecule has 0 amide bonds. The van der Waals surface area contributed by atoms with E-state index in [1.165, 1.54) is 36.4 Å². The maximum atomic E-state index is 13.8. The van der Waals surface area contributed by atoms with Crippen LogP contribution >= 0.6 is 0 Å². The molecule has 1 atom stereocenters. The van der Waals surface area contributed by atoms with E-state index in [9.17, 15) is 29.1 Å². The van der Waals surface area contributed by atoms with Gasteiger partial charge in [-0.3, -0.25) is 24.0 Å². The highest BCUT2D eigenvalue weighted by Crippen LogP contribution is 2.33. The highest BCUT2D eigenvalue weighted by Gasteiger charge is 2.38. The first-order valence-electron chi connectivity index (χ1n) is 13.4.